The molecule has 0 aliphatic rings. The van der Waals surface area contributed by atoms with Gasteiger partial charge >= 0.3 is 0 Å². The van der Waals surface area contributed by atoms with Crippen molar-refractivity contribution >= 4 is 10.9 Å². The fraction of sp³-hybridized carbons (Fsp3) is 0.500. The van der Waals surface area contributed by atoms with Gasteiger partial charge in [0.2, 0.25) is 0 Å². The quantitative estimate of drug-likeness (QED) is 0.693. The summed E-state index contributed by atoms with van der Waals surface area (Å²) in [5.41, 5.74) is 2.47. The monoisotopic (exact) mass is 270 g/mol. The number of rotatable bonds is 8. The zero-order valence-corrected chi connectivity index (χ0v) is 12.7. The highest BCUT2D eigenvalue weighted by molar-refractivity contribution is 5.79. The van der Waals surface area contributed by atoms with Crippen molar-refractivity contribution in [3.05, 3.63) is 42.1 Å². The maximum Gasteiger partial charge on any atom is 0.0702 e. The van der Waals surface area contributed by atoms with Crippen molar-refractivity contribution < 1.29 is 0 Å². The van der Waals surface area contributed by atoms with E-state index in [0.717, 1.165) is 12.1 Å². The minimum Gasteiger partial charge on any atom is -0.310 e. The molecule has 0 aliphatic heterocycles. The van der Waals surface area contributed by atoms with Gasteiger partial charge < -0.3 is 5.32 Å². The second kappa shape index (κ2) is 8.01. The van der Waals surface area contributed by atoms with Crippen LogP contribution in [0, 0.1) is 0 Å². The molecule has 0 amide bonds. The summed E-state index contributed by atoms with van der Waals surface area (Å²) >= 11 is 0. The van der Waals surface area contributed by atoms with Crippen molar-refractivity contribution in [1.29, 1.82) is 0 Å². The van der Waals surface area contributed by atoms with Crippen LogP contribution in [0.25, 0.3) is 10.9 Å². The molecule has 0 aliphatic carbocycles. The van der Waals surface area contributed by atoms with E-state index in [1.807, 2.05) is 12.3 Å². The molecule has 20 heavy (non-hydrogen) atoms. The standard InChI is InChI=1S/C18H26N2/c1-3-5-6-7-10-17(19-4-2)16-11-12-18-15(14-16)9-8-13-20-18/h8-9,11-14,17,19H,3-7,10H2,1-2H3. The van der Waals surface area contributed by atoms with Crippen molar-refractivity contribution in [3.63, 3.8) is 0 Å². The lowest BCUT2D eigenvalue weighted by Crippen LogP contribution is -2.20. The second-order valence-corrected chi connectivity index (χ2v) is 5.42. The number of nitrogens with one attached hydrogen (secondary N) is 1. The van der Waals surface area contributed by atoms with Crippen LogP contribution in [-0.4, -0.2) is 11.5 Å². The topological polar surface area (TPSA) is 24.9 Å². The number of fused-ring (bicyclic) bond motifs is 1. The van der Waals surface area contributed by atoms with Gasteiger partial charge in [0, 0.05) is 17.6 Å². The Balaban J connectivity index is 2.09. The van der Waals surface area contributed by atoms with Gasteiger partial charge in [0.15, 0.2) is 0 Å². The van der Waals surface area contributed by atoms with Crippen LogP contribution in [-0.2, 0) is 0 Å². The van der Waals surface area contributed by atoms with E-state index in [2.05, 4.69) is 48.4 Å². The fourth-order valence-electron chi connectivity index (χ4n) is 2.72. The molecule has 2 heteroatoms. The highest BCUT2D eigenvalue weighted by atomic mass is 14.9. The minimum atomic E-state index is 0.474. The van der Waals surface area contributed by atoms with Crippen LogP contribution in [0.4, 0.5) is 0 Å². The summed E-state index contributed by atoms with van der Waals surface area (Å²) in [5.74, 6) is 0. The van der Waals surface area contributed by atoms with Crippen LogP contribution in [0.2, 0.25) is 0 Å². The Kier molecular flexibility index (Phi) is 6.00. The molecule has 1 heterocycles. The molecule has 1 aromatic heterocycles. The van der Waals surface area contributed by atoms with E-state index in [-0.39, 0.29) is 0 Å². The molecule has 1 aromatic carbocycles. The fourth-order valence-corrected chi connectivity index (χ4v) is 2.72. The van der Waals surface area contributed by atoms with Crippen LogP contribution in [0.5, 0.6) is 0 Å². The van der Waals surface area contributed by atoms with E-state index >= 15 is 0 Å². The van der Waals surface area contributed by atoms with Gasteiger partial charge in [-0.05, 0) is 36.7 Å². The van der Waals surface area contributed by atoms with Crippen molar-refractivity contribution in [1.82, 2.24) is 10.3 Å². The summed E-state index contributed by atoms with van der Waals surface area (Å²) < 4.78 is 0. The molecular weight excluding hydrogens is 244 g/mol. The van der Waals surface area contributed by atoms with Crippen molar-refractivity contribution in [2.24, 2.45) is 0 Å². The lowest BCUT2D eigenvalue weighted by atomic mass is 9.98. The third-order valence-corrected chi connectivity index (χ3v) is 3.83. The number of hydrogen-bond acceptors (Lipinski definition) is 2. The van der Waals surface area contributed by atoms with E-state index in [0.29, 0.717) is 6.04 Å². The molecule has 0 fully saturated rings. The van der Waals surface area contributed by atoms with Crippen LogP contribution in [0.3, 0.4) is 0 Å². The third-order valence-electron chi connectivity index (χ3n) is 3.83. The van der Waals surface area contributed by atoms with Gasteiger partial charge in [-0.2, -0.15) is 0 Å². The molecular formula is C18H26N2. The summed E-state index contributed by atoms with van der Waals surface area (Å²) in [6.45, 7) is 5.46. The van der Waals surface area contributed by atoms with Gasteiger partial charge in [0.25, 0.3) is 0 Å². The lowest BCUT2D eigenvalue weighted by Gasteiger charge is -2.18. The largest absolute Gasteiger partial charge is 0.310 e. The molecule has 2 rings (SSSR count). The Morgan fingerprint density at radius 3 is 2.80 bits per heavy atom. The maximum atomic E-state index is 4.39. The first-order valence-electron chi connectivity index (χ1n) is 7.93. The van der Waals surface area contributed by atoms with E-state index in [1.54, 1.807) is 0 Å². The average molecular weight is 270 g/mol. The predicted octanol–water partition coefficient (Wildman–Crippen LogP) is 4.86. The van der Waals surface area contributed by atoms with Gasteiger partial charge in [-0.25, -0.2) is 0 Å². The van der Waals surface area contributed by atoms with Crippen LogP contribution >= 0.6 is 0 Å². The molecule has 108 valence electrons. The van der Waals surface area contributed by atoms with Crippen LogP contribution in [0.1, 0.15) is 57.6 Å². The molecule has 0 saturated heterocycles. The third kappa shape index (κ3) is 4.04. The van der Waals surface area contributed by atoms with Crippen LogP contribution < -0.4 is 5.32 Å². The number of hydrogen-bond donors (Lipinski definition) is 1. The summed E-state index contributed by atoms with van der Waals surface area (Å²) in [7, 11) is 0. The first kappa shape index (κ1) is 15.0. The van der Waals surface area contributed by atoms with Crippen LogP contribution in [0.15, 0.2) is 36.5 Å². The molecule has 0 saturated carbocycles. The van der Waals surface area contributed by atoms with E-state index < -0.39 is 0 Å². The van der Waals surface area contributed by atoms with Crippen molar-refractivity contribution in [2.45, 2.75) is 52.0 Å². The Hall–Kier alpha value is -1.41. The van der Waals surface area contributed by atoms with Crippen molar-refractivity contribution in [2.75, 3.05) is 6.54 Å². The number of nitrogens with zero attached hydrogens (tertiary/aromatic N) is 1. The average Bonchev–Trinajstić information content (AvgIpc) is 2.50. The van der Waals surface area contributed by atoms with E-state index in [1.165, 1.54) is 43.1 Å². The van der Waals surface area contributed by atoms with Gasteiger partial charge in [0.1, 0.15) is 0 Å². The Morgan fingerprint density at radius 2 is 2.00 bits per heavy atom. The van der Waals surface area contributed by atoms with Gasteiger partial charge in [0.05, 0.1) is 5.52 Å². The first-order valence-corrected chi connectivity index (χ1v) is 7.93. The molecule has 1 unspecified atom stereocenters. The molecule has 1 N–H and O–H groups in total. The highest BCUT2D eigenvalue weighted by Gasteiger charge is 2.10. The SMILES string of the molecule is CCCCCCC(NCC)c1ccc2ncccc2c1. The maximum absolute atomic E-state index is 4.39. The van der Waals surface area contributed by atoms with Gasteiger partial charge in [-0.15, -0.1) is 0 Å². The second-order valence-electron chi connectivity index (χ2n) is 5.42. The molecule has 0 bridgehead atoms. The predicted molar refractivity (Wildman–Crippen MR) is 86.9 cm³/mol. The number of benzene rings is 1. The summed E-state index contributed by atoms with van der Waals surface area (Å²) in [6.07, 6.45) is 8.37. The van der Waals surface area contributed by atoms with E-state index in [9.17, 15) is 0 Å². The number of aromatic nitrogens is 1. The highest BCUT2D eigenvalue weighted by Crippen LogP contribution is 2.23. The van der Waals surface area contributed by atoms with Gasteiger partial charge in [-0.1, -0.05) is 51.7 Å². The Bertz CT molecular complexity index is 522. The molecule has 2 nitrogen and oxygen atoms in total. The molecule has 0 radical (unpaired) electrons. The zero-order valence-electron chi connectivity index (χ0n) is 12.7. The minimum absolute atomic E-state index is 0.474. The van der Waals surface area contributed by atoms with Gasteiger partial charge in [-0.3, -0.25) is 4.98 Å². The first-order chi connectivity index (χ1) is 9.85. The Morgan fingerprint density at radius 1 is 1.10 bits per heavy atom. The zero-order chi connectivity index (χ0) is 14.2. The molecule has 0 spiro atoms. The Labute approximate surface area is 122 Å². The normalized spacial score (nSPS) is 12.7. The summed E-state index contributed by atoms with van der Waals surface area (Å²) in [6, 6.07) is 11.3. The summed E-state index contributed by atoms with van der Waals surface area (Å²) in [5, 5.41) is 4.86. The molecule has 1 atom stereocenters. The van der Waals surface area contributed by atoms with Crippen molar-refractivity contribution in [3.8, 4) is 0 Å². The number of unbranched alkanes of at least 4 members (excludes halogenated alkanes) is 3. The molecule has 2 aromatic rings. The lowest BCUT2D eigenvalue weighted by molar-refractivity contribution is 0.482. The smallest absolute Gasteiger partial charge is 0.0702 e. The summed E-state index contributed by atoms with van der Waals surface area (Å²) in [4.78, 5) is 4.39. The number of pyridine rings is 1. The van der Waals surface area contributed by atoms with E-state index in [4.69, 9.17) is 0 Å².